The molecular formula is C18H20FN3O2. The molecule has 0 radical (unpaired) electrons. The molecule has 0 bridgehead atoms. The maximum atomic E-state index is 14.1. The second-order valence-electron chi connectivity index (χ2n) is 5.24. The number of nitrogens with two attached hydrogens (primary N) is 1. The summed E-state index contributed by atoms with van der Waals surface area (Å²) < 4.78 is 19.7. The van der Waals surface area contributed by atoms with Gasteiger partial charge in [-0.2, -0.15) is 5.10 Å². The van der Waals surface area contributed by atoms with E-state index >= 15 is 0 Å². The Balaban J connectivity index is 1.98. The first-order valence-corrected chi connectivity index (χ1v) is 7.55. The van der Waals surface area contributed by atoms with Crippen molar-refractivity contribution in [3.05, 3.63) is 71.3 Å². The average molecular weight is 329 g/mol. The highest BCUT2D eigenvalue weighted by molar-refractivity contribution is 6.00. The maximum absolute atomic E-state index is 14.1. The Labute approximate surface area is 140 Å². The largest absolute Gasteiger partial charge is 0.486 e. The van der Waals surface area contributed by atoms with Crippen LogP contribution in [-0.4, -0.2) is 18.2 Å². The number of hydrogen-bond donors (Lipinski definition) is 2. The van der Waals surface area contributed by atoms with E-state index in [-0.39, 0.29) is 24.6 Å². The molecule has 24 heavy (non-hydrogen) atoms. The number of primary amides is 1. The van der Waals surface area contributed by atoms with E-state index < -0.39 is 5.91 Å². The first-order valence-electron chi connectivity index (χ1n) is 7.55. The van der Waals surface area contributed by atoms with Crippen LogP contribution in [-0.2, 0) is 16.1 Å². The van der Waals surface area contributed by atoms with Crippen LogP contribution in [0.4, 0.5) is 4.39 Å². The summed E-state index contributed by atoms with van der Waals surface area (Å²) >= 11 is 0. The van der Waals surface area contributed by atoms with E-state index in [4.69, 9.17) is 10.5 Å². The fourth-order valence-corrected chi connectivity index (χ4v) is 2.05. The number of rotatable bonds is 7. The Morgan fingerprint density at radius 2 is 2.08 bits per heavy atom. The lowest BCUT2D eigenvalue weighted by Crippen LogP contribution is -2.25. The molecule has 3 N–H and O–H groups in total. The number of hydrazone groups is 1. The van der Waals surface area contributed by atoms with Crippen molar-refractivity contribution >= 4 is 11.6 Å². The molecule has 0 saturated carbocycles. The lowest BCUT2D eigenvalue weighted by atomic mass is 10.1. The van der Waals surface area contributed by atoms with E-state index in [1.54, 1.807) is 25.2 Å². The molecule has 1 amide bonds. The summed E-state index contributed by atoms with van der Waals surface area (Å²) in [6.07, 6.45) is 5.16. The summed E-state index contributed by atoms with van der Waals surface area (Å²) in [5.74, 6) is -0.626. The molecule has 0 aliphatic heterocycles. The lowest BCUT2D eigenvalue weighted by Gasteiger charge is -2.07. The van der Waals surface area contributed by atoms with Gasteiger partial charge in [-0.15, -0.1) is 0 Å². The number of amides is 1. The minimum absolute atomic E-state index is 0.0492. The Hall–Kier alpha value is -2.89. The van der Waals surface area contributed by atoms with Crippen LogP contribution in [0.2, 0.25) is 0 Å². The van der Waals surface area contributed by atoms with Gasteiger partial charge in [-0.05, 0) is 30.2 Å². The third kappa shape index (κ3) is 5.39. The van der Waals surface area contributed by atoms with Gasteiger partial charge in [0.05, 0.1) is 5.71 Å². The van der Waals surface area contributed by atoms with Gasteiger partial charge < -0.3 is 15.9 Å². The third-order valence-corrected chi connectivity index (χ3v) is 3.34. The summed E-state index contributed by atoms with van der Waals surface area (Å²) in [5.41, 5.74) is 9.95. The fraction of sp³-hybridized carbons (Fsp3) is 0.222. The zero-order chi connectivity index (χ0) is 17.4. The smallest absolute Gasteiger partial charge is 0.238 e. The summed E-state index contributed by atoms with van der Waals surface area (Å²) in [6, 6.07) is 9.57. The number of hydrogen-bond acceptors (Lipinski definition) is 4. The number of nitrogens with zero attached hydrogens (tertiary/aromatic N) is 1. The molecule has 0 atom stereocenters. The lowest BCUT2D eigenvalue weighted by molar-refractivity contribution is -0.117. The van der Waals surface area contributed by atoms with Crippen molar-refractivity contribution in [3.63, 3.8) is 0 Å². The number of benzene rings is 1. The van der Waals surface area contributed by atoms with Crippen molar-refractivity contribution in [1.82, 2.24) is 5.43 Å². The normalized spacial score (nSPS) is 14.9. The molecule has 1 aliphatic carbocycles. The van der Waals surface area contributed by atoms with Gasteiger partial charge in [0.2, 0.25) is 5.91 Å². The van der Waals surface area contributed by atoms with E-state index in [1.807, 2.05) is 30.3 Å². The molecule has 1 aliphatic rings. The average Bonchev–Trinajstić information content (AvgIpc) is 2.75. The molecule has 0 spiro atoms. The highest BCUT2D eigenvalue weighted by atomic mass is 19.1. The van der Waals surface area contributed by atoms with Crippen molar-refractivity contribution in [1.29, 1.82) is 0 Å². The number of halogens is 1. The Bertz CT molecular complexity index is 706. The van der Waals surface area contributed by atoms with Gasteiger partial charge in [0, 0.05) is 6.42 Å². The molecule has 126 valence electrons. The second kappa shape index (κ2) is 8.67. The SMILES string of the molecule is C/C(=N\NCC(N)=O)C1=CCC(F)=C(OCc2ccccc2)C=C1. The van der Waals surface area contributed by atoms with Crippen LogP contribution in [0.3, 0.4) is 0 Å². The predicted octanol–water partition coefficient (Wildman–Crippen LogP) is 2.72. The fourth-order valence-electron chi connectivity index (χ4n) is 2.05. The van der Waals surface area contributed by atoms with E-state index in [9.17, 15) is 9.18 Å². The first-order chi connectivity index (χ1) is 11.6. The molecule has 1 aromatic rings. The molecule has 0 unspecified atom stereocenters. The van der Waals surface area contributed by atoms with Gasteiger partial charge in [0.25, 0.3) is 0 Å². The van der Waals surface area contributed by atoms with Crippen LogP contribution in [0, 0.1) is 0 Å². The van der Waals surface area contributed by atoms with Gasteiger partial charge in [0.15, 0.2) is 5.76 Å². The number of carbonyl (C=O) groups excluding carboxylic acids is 1. The monoisotopic (exact) mass is 329 g/mol. The highest BCUT2D eigenvalue weighted by Gasteiger charge is 2.10. The van der Waals surface area contributed by atoms with Gasteiger partial charge in [-0.1, -0.05) is 36.4 Å². The number of nitrogens with one attached hydrogen (secondary N) is 1. The van der Waals surface area contributed by atoms with Crippen LogP contribution in [0.15, 0.2) is 70.8 Å². The van der Waals surface area contributed by atoms with Crippen molar-refractivity contribution < 1.29 is 13.9 Å². The molecule has 5 nitrogen and oxygen atoms in total. The van der Waals surface area contributed by atoms with Gasteiger partial charge in [-0.3, -0.25) is 4.79 Å². The minimum atomic E-state index is -0.499. The molecule has 0 heterocycles. The van der Waals surface area contributed by atoms with E-state index in [2.05, 4.69) is 10.5 Å². The Morgan fingerprint density at radius 3 is 2.79 bits per heavy atom. The third-order valence-electron chi connectivity index (χ3n) is 3.34. The minimum Gasteiger partial charge on any atom is -0.486 e. The molecule has 6 heteroatoms. The van der Waals surface area contributed by atoms with Crippen molar-refractivity contribution in [3.8, 4) is 0 Å². The van der Waals surface area contributed by atoms with Gasteiger partial charge in [-0.25, -0.2) is 4.39 Å². The molecule has 1 aromatic carbocycles. The number of allylic oxidation sites excluding steroid dienone is 5. The summed E-state index contributed by atoms with van der Waals surface area (Å²) in [5, 5.41) is 4.04. The number of ether oxygens (including phenoxy) is 1. The summed E-state index contributed by atoms with van der Waals surface area (Å²) in [6.45, 7) is 2.01. The molecular weight excluding hydrogens is 309 g/mol. The van der Waals surface area contributed by atoms with Gasteiger partial charge in [0.1, 0.15) is 19.0 Å². The van der Waals surface area contributed by atoms with Crippen LogP contribution in [0.5, 0.6) is 0 Å². The Morgan fingerprint density at radius 1 is 1.33 bits per heavy atom. The van der Waals surface area contributed by atoms with Crippen LogP contribution >= 0.6 is 0 Å². The van der Waals surface area contributed by atoms with Crippen LogP contribution in [0.25, 0.3) is 0 Å². The summed E-state index contributed by atoms with van der Waals surface area (Å²) in [4.78, 5) is 10.7. The standard InChI is InChI=1S/C18H20FN3O2/c1-13(22-21-11-18(20)23)15-7-9-16(19)17(10-8-15)24-12-14-5-3-2-4-6-14/h2-8,10,21H,9,11-12H2,1H3,(H2,20,23)/b22-13+. The van der Waals surface area contributed by atoms with Crippen molar-refractivity contribution in [2.45, 2.75) is 20.0 Å². The molecule has 0 fully saturated rings. The van der Waals surface area contributed by atoms with Crippen LogP contribution < -0.4 is 11.2 Å². The van der Waals surface area contributed by atoms with E-state index in [0.717, 1.165) is 11.1 Å². The first kappa shape index (κ1) is 17.5. The Kier molecular flexibility index (Phi) is 6.31. The number of carbonyl (C=O) groups is 1. The summed E-state index contributed by atoms with van der Waals surface area (Å²) in [7, 11) is 0. The topological polar surface area (TPSA) is 76.7 Å². The van der Waals surface area contributed by atoms with Crippen molar-refractivity contribution in [2.75, 3.05) is 6.54 Å². The quantitative estimate of drug-likeness (QED) is 0.596. The zero-order valence-corrected chi connectivity index (χ0v) is 13.5. The van der Waals surface area contributed by atoms with E-state index in [1.165, 1.54) is 0 Å². The van der Waals surface area contributed by atoms with E-state index in [0.29, 0.717) is 12.3 Å². The van der Waals surface area contributed by atoms with Crippen LogP contribution in [0.1, 0.15) is 18.9 Å². The highest BCUT2D eigenvalue weighted by Crippen LogP contribution is 2.21. The zero-order valence-electron chi connectivity index (χ0n) is 13.5. The predicted molar refractivity (Wildman–Crippen MR) is 91.5 cm³/mol. The molecule has 0 aromatic heterocycles. The molecule has 2 rings (SSSR count). The van der Waals surface area contributed by atoms with Crippen molar-refractivity contribution in [2.24, 2.45) is 10.8 Å². The second-order valence-corrected chi connectivity index (χ2v) is 5.24. The van der Waals surface area contributed by atoms with Gasteiger partial charge >= 0.3 is 0 Å². The molecule has 0 saturated heterocycles. The maximum Gasteiger partial charge on any atom is 0.238 e.